The number of benzene rings is 1. The average molecular weight is 186 g/mol. The van der Waals surface area contributed by atoms with Gasteiger partial charge in [-0.1, -0.05) is 18.2 Å². The monoisotopic (exact) mass is 186 g/mol. The zero-order valence-corrected chi connectivity index (χ0v) is 8.47. The van der Waals surface area contributed by atoms with Crippen LogP contribution in [0, 0.1) is 6.92 Å². The lowest BCUT2D eigenvalue weighted by Crippen LogP contribution is -2.28. The van der Waals surface area contributed by atoms with Crippen LogP contribution in [0.3, 0.4) is 0 Å². The van der Waals surface area contributed by atoms with E-state index in [0.717, 1.165) is 25.7 Å². The Morgan fingerprint density at radius 3 is 2.71 bits per heavy atom. The Labute approximate surface area is 84.1 Å². The second-order valence-corrected chi connectivity index (χ2v) is 4.61. The van der Waals surface area contributed by atoms with Crippen LogP contribution in [0.2, 0.25) is 0 Å². The summed E-state index contributed by atoms with van der Waals surface area (Å²) in [6, 6.07) is 6.44. The normalized spacial score (nSPS) is 22.2. The molecule has 3 rings (SSSR count). The van der Waals surface area contributed by atoms with Gasteiger partial charge >= 0.3 is 0 Å². The van der Waals surface area contributed by atoms with Crippen molar-refractivity contribution in [3.8, 4) is 0 Å². The largest absolute Gasteiger partial charge is 0.299 e. The van der Waals surface area contributed by atoms with Crippen molar-refractivity contribution in [2.45, 2.75) is 38.0 Å². The second kappa shape index (κ2) is 2.47. The molecule has 2 aliphatic carbocycles. The van der Waals surface area contributed by atoms with E-state index >= 15 is 0 Å². The van der Waals surface area contributed by atoms with Gasteiger partial charge in [0.25, 0.3) is 0 Å². The van der Waals surface area contributed by atoms with Crippen molar-refractivity contribution in [3.63, 3.8) is 0 Å². The Kier molecular flexibility index (Phi) is 1.45. The fraction of sp³-hybridized carbons (Fsp3) is 0.462. The minimum Gasteiger partial charge on any atom is -0.299 e. The Balaban J connectivity index is 2.25. The molecule has 0 bridgehead atoms. The molecule has 0 heterocycles. The molecular formula is C13H14O. The van der Waals surface area contributed by atoms with Crippen LogP contribution in [0.15, 0.2) is 18.2 Å². The fourth-order valence-electron chi connectivity index (χ4n) is 2.90. The summed E-state index contributed by atoms with van der Waals surface area (Å²) in [5.41, 5.74) is 4.07. The molecule has 1 aromatic rings. The Morgan fingerprint density at radius 2 is 2.00 bits per heavy atom. The molecule has 1 spiro atoms. The number of rotatable bonds is 0. The summed E-state index contributed by atoms with van der Waals surface area (Å²) in [5.74, 6) is 0.485. The first-order valence-corrected chi connectivity index (χ1v) is 5.36. The third-order valence-corrected chi connectivity index (χ3v) is 3.74. The van der Waals surface area contributed by atoms with Gasteiger partial charge in [-0.05, 0) is 42.9 Å². The van der Waals surface area contributed by atoms with Gasteiger partial charge in [0.15, 0.2) is 0 Å². The smallest absolute Gasteiger partial charge is 0.143 e. The van der Waals surface area contributed by atoms with E-state index in [0.29, 0.717) is 5.78 Å². The number of hydrogen-bond donors (Lipinski definition) is 0. The Bertz CT molecular complexity index is 413. The molecule has 1 nitrogen and oxygen atoms in total. The van der Waals surface area contributed by atoms with Gasteiger partial charge in [0.05, 0.1) is 5.41 Å². The van der Waals surface area contributed by atoms with Crippen LogP contribution >= 0.6 is 0 Å². The number of hydrogen-bond acceptors (Lipinski definition) is 1. The van der Waals surface area contributed by atoms with Crippen molar-refractivity contribution in [1.29, 1.82) is 0 Å². The maximum absolute atomic E-state index is 11.9. The van der Waals surface area contributed by atoms with Crippen LogP contribution in [-0.2, 0) is 16.6 Å². The standard InChI is InChI=1S/C13H14O/c1-9-3-2-4-10-5-6-11(14)13(7-8-13)12(9)10/h2-4H,5-8H2,1H3. The number of carbonyl (C=O) groups excluding carboxylic acids is 1. The predicted octanol–water partition coefficient (Wildman–Crippen LogP) is 2.54. The van der Waals surface area contributed by atoms with Crippen molar-refractivity contribution < 1.29 is 4.79 Å². The van der Waals surface area contributed by atoms with E-state index in [2.05, 4.69) is 25.1 Å². The van der Waals surface area contributed by atoms with E-state index < -0.39 is 0 Å². The minimum absolute atomic E-state index is 0.0288. The highest BCUT2D eigenvalue weighted by molar-refractivity contribution is 5.95. The summed E-state index contributed by atoms with van der Waals surface area (Å²) >= 11 is 0. The van der Waals surface area contributed by atoms with E-state index in [4.69, 9.17) is 0 Å². The number of aryl methyl sites for hydroxylation is 2. The molecule has 1 heteroatoms. The molecule has 1 saturated carbocycles. The number of fused-ring (bicyclic) bond motifs is 2. The molecule has 0 amide bonds. The van der Waals surface area contributed by atoms with E-state index in [1.54, 1.807) is 0 Å². The molecule has 0 aliphatic heterocycles. The van der Waals surface area contributed by atoms with Gasteiger partial charge in [-0.15, -0.1) is 0 Å². The molecule has 0 saturated heterocycles. The van der Waals surface area contributed by atoms with E-state index in [1.165, 1.54) is 16.7 Å². The SMILES string of the molecule is Cc1cccc2c1C1(CC1)C(=O)CC2. The fourth-order valence-corrected chi connectivity index (χ4v) is 2.90. The highest BCUT2D eigenvalue weighted by Gasteiger charge is 2.53. The average Bonchev–Trinajstić information content (AvgIpc) is 2.94. The molecule has 1 aromatic carbocycles. The quantitative estimate of drug-likeness (QED) is 0.608. The van der Waals surface area contributed by atoms with Crippen molar-refractivity contribution in [2.75, 3.05) is 0 Å². The Morgan fingerprint density at radius 1 is 1.21 bits per heavy atom. The molecule has 72 valence electrons. The number of carbonyl (C=O) groups is 1. The van der Waals surface area contributed by atoms with Crippen LogP contribution in [0.25, 0.3) is 0 Å². The summed E-state index contributed by atoms with van der Waals surface area (Å²) in [5, 5.41) is 0. The van der Waals surface area contributed by atoms with E-state index in [-0.39, 0.29) is 5.41 Å². The lowest BCUT2D eigenvalue weighted by atomic mass is 9.77. The third kappa shape index (κ3) is 0.875. The zero-order chi connectivity index (χ0) is 9.76. The van der Waals surface area contributed by atoms with Gasteiger partial charge < -0.3 is 0 Å². The lowest BCUT2D eigenvalue weighted by Gasteiger charge is -2.25. The lowest BCUT2D eigenvalue weighted by molar-refractivity contribution is -0.121. The number of ketones is 1. The molecule has 14 heavy (non-hydrogen) atoms. The van der Waals surface area contributed by atoms with Crippen LogP contribution in [0.5, 0.6) is 0 Å². The molecule has 0 radical (unpaired) electrons. The molecule has 0 unspecified atom stereocenters. The van der Waals surface area contributed by atoms with Crippen LogP contribution < -0.4 is 0 Å². The first kappa shape index (κ1) is 8.22. The third-order valence-electron chi connectivity index (χ3n) is 3.74. The topological polar surface area (TPSA) is 17.1 Å². The molecular weight excluding hydrogens is 172 g/mol. The van der Waals surface area contributed by atoms with Crippen molar-refractivity contribution in [1.82, 2.24) is 0 Å². The molecule has 2 aliphatic rings. The first-order chi connectivity index (χ1) is 6.74. The highest BCUT2D eigenvalue weighted by Crippen LogP contribution is 2.54. The molecule has 0 aromatic heterocycles. The molecule has 0 atom stereocenters. The van der Waals surface area contributed by atoms with Gasteiger partial charge in [0.2, 0.25) is 0 Å². The summed E-state index contributed by atoms with van der Waals surface area (Å²) < 4.78 is 0. The predicted molar refractivity (Wildman–Crippen MR) is 55.4 cm³/mol. The highest BCUT2D eigenvalue weighted by atomic mass is 16.1. The summed E-state index contributed by atoms with van der Waals surface area (Å²) in [7, 11) is 0. The molecule has 1 fully saturated rings. The van der Waals surface area contributed by atoms with Gasteiger partial charge in [-0.2, -0.15) is 0 Å². The van der Waals surface area contributed by atoms with Crippen molar-refractivity contribution >= 4 is 5.78 Å². The van der Waals surface area contributed by atoms with E-state index in [1.807, 2.05) is 0 Å². The molecule has 0 N–H and O–H groups in total. The summed E-state index contributed by atoms with van der Waals surface area (Å²) in [4.78, 5) is 11.9. The second-order valence-electron chi connectivity index (χ2n) is 4.61. The van der Waals surface area contributed by atoms with Crippen molar-refractivity contribution in [3.05, 3.63) is 34.9 Å². The summed E-state index contributed by atoms with van der Waals surface area (Å²) in [6.07, 6.45) is 3.89. The van der Waals surface area contributed by atoms with Gasteiger partial charge in [0.1, 0.15) is 5.78 Å². The van der Waals surface area contributed by atoms with Crippen LogP contribution in [-0.4, -0.2) is 5.78 Å². The van der Waals surface area contributed by atoms with Crippen LogP contribution in [0.4, 0.5) is 0 Å². The zero-order valence-electron chi connectivity index (χ0n) is 8.47. The minimum atomic E-state index is -0.0288. The van der Waals surface area contributed by atoms with Gasteiger partial charge in [0, 0.05) is 6.42 Å². The van der Waals surface area contributed by atoms with E-state index in [9.17, 15) is 4.79 Å². The number of Topliss-reactive ketones (excluding diaryl/α,β-unsaturated/α-hetero) is 1. The van der Waals surface area contributed by atoms with Crippen LogP contribution in [0.1, 0.15) is 36.0 Å². The first-order valence-electron chi connectivity index (χ1n) is 5.36. The van der Waals surface area contributed by atoms with Gasteiger partial charge in [-0.3, -0.25) is 4.79 Å². The summed E-state index contributed by atoms with van der Waals surface area (Å²) in [6.45, 7) is 2.14. The Hall–Kier alpha value is -1.11. The maximum Gasteiger partial charge on any atom is 0.143 e. The maximum atomic E-state index is 11.9. The van der Waals surface area contributed by atoms with Gasteiger partial charge in [-0.25, -0.2) is 0 Å². The van der Waals surface area contributed by atoms with Crippen molar-refractivity contribution in [2.24, 2.45) is 0 Å².